The van der Waals surface area contributed by atoms with Crippen LogP contribution < -0.4 is 0 Å². The number of fused-ring (bicyclic) bond motifs is 3. The number of carbonyl (C=O) groups excluding carboxylic acids is 3. The van der Waals surface area contributed by atoms with Gasteiger partial charge in [0.25, 0.3) is 0 Å². The monoisotopic (exact) mass is 478 g/mol. The molecular weight excluding hydrogens is 444 g/mol. The number of hydrogen-bond acceptors (Lipinski definition) is 9. The van der Waals surface area contributed by atoms with Crippen LogP contribution in [0.25, 0.3) is 0 Å². The first-order chi connectivity index (χ1) is 15.7. The van der Waals surface area contributed by atoms with E-state index in [-0.39, 0.29) is 12.0 Å². The molecule has 188 valence electrons. The van der Waals surface area contributed by atoms with Crippen LogP contribution in [-0.2, 0) is 33.3 Å². The standard InChI is InChI=1S/C25H34O9/c1-8-13(4)22(27)33-21-19-18(15(6)23(28)32-19)20(31-17(26)9-12(2)3)25(30)14(5)10-16(34-25)11-24(21,7)29/h8-9,14,16,18-21,29-30H,6,10-11H2,1-5,7H3/b13-8+/t14-,16+,18+,19+,20-,21-,24+,25-/m0/s1. The maximum atomic E-state index is 12.7. The molecule has 3 heterocycles. The van der Waals surface area contributed by atoms with E-state index in [4.69, 9.17) is 18.9 Å². The topological polar surface area (TPSA) is 129 Å². The summed E-state index contributed by atoms with van der Waals surface area (Å²) in [6, 6.07) is 0. The molecule has 0 radical (unpaired) electrons. The molecule has 2 bridgehead atoms. The van der Waals surface area contributed by atoms with Crippen LogP contribution in [0.5, 0.6) is 0 Å². The normalized spacial score (nSPS) is 39.8. The van der Waals surface area contributed by atoms with E-state index in [0.717, 1.165) is 0 Å². The molecule has 0 aliphatic carbocycles. The van der Waals surface area contributed by atoms with Crippen molar-refractivity contribution in [2.24, 2.45) is 11.8 Å². The second-order valence-electron chi connectivity index (χ2n) is 9.99. The molecule has 0 unspecified atom stereocenters. The Bertz CT molecular complexity index is 942. The zero-order valence-electron chi connectivity index (χ0n) is 20.5. The molecule has 9 heteroatoms. The molecule has 34 heavy (non-hydrogen) atoms. The minimum atomic E-state index is -1.98. The van der Waals surface area contributed by atoms with Crippen LogP contribution in [0.2, 0.25) is 0 Å². The van der Waals surface area contributed by atoms with Gasteiger partial charge in [0, 0.05) is 29.6 Å². The van der Waals surface area contributed by atoms with Crippen molar-refractivity contribution in [3.63, 3.8) is 0 Å². The van der Waals surface area contributed by atoms with Crippen molar-refractivity contribution < 1.29 is 43.5 Å². The first-order valence-corrected chi connectivity index (χ1v) is 11.4. The van der Waals surface area contributed by atoms with Crippen LogP contribution >= 0.6 is 0 Å². The molecule has 9 nitrogen and oxygen atoms in total. The van der Waals surface area contributed by atoms with Gasteiger partial charge in [-0.15, -0.1) is 0 Å². The number of ether oxygens (including phenoxy) is 4. The fourth-order valence-corrected chi connectivity index (χ4v) is 4.94. The third-order valence-electron chi connectivity index (χ3n) is 6.86. The number of aliphatic hydroxyl groups is 2. The summed E-state index contributed by atoms with van der Waals surface area (Å²) in [6.45, 7) is 13.7. The van der Waals surface area contributed by atoms with Gasteiger partial charge in [0.15, 0.2) is 18.3 Å². The summed E-state index contributed by atoms with van der Waals surface area (Å²) in [5.74, 6) is -5.87. The van der Waals surface area contributed by atoms with Crippen LogP contribution in [0.4, 0.5) is 0 Å². The number of allylic oxidation sites excluding steroid dienone is 2. The van der Waals surface area contributed by atoms with E-state index in [2.05, 4.69) is 6.58 Å². The van der Waals surface area contributed by atoms with Crippen molar-refractivity contribution >= 4 is 17.9 Å². The molecule has 8 atom stereocenters. The van der Waals surface area contributed by atoms with E-state index in [1.165, 1.54) is 13.0 Å². The maximum absolute atomic E-state index is 12.7. The molecule has 3 aliphatic rings. The molecule has 3 saturated heterocycles. The lowest BCUT2D eigenvalue weighted by molar-refractivity contribution is -0.276. The van der Waals surface area contributed by atoms with Crippen LogP contribution in [-0.4, -0.2) is 63.9 Å². The Morgan fingerprint density at radius 1 is 1.18 bits per heavy atom. The van der Waals surface area contributed by atoms with E-state index >= 15 is 0 Å². The minimum absolute atomic E-state index is 0.0195. The summed E-state index contributed by atoms with van der Waals surface area (Å²) < 4.78 is 22.9. The van der Waals surface area contributed by atoms with E-state index < -0.39 is 65.5 Å². The Balaban J connectivity index is 2.16. The molecule has 0 amide bonds. The van der Waals surface area contributed by atoms with E-state index in [9.17, 15) is 24.6 Å². The molecule has 0 spiro atoms. The van der Waals surface area contributed by atoms with Gasteiger partial charge in [0.1, 0.15) is 5.60 Å². The van der Waals surface area contributed by atoms with Gasteiger partial charge in [-0.2, -0.15) is 0 Å². The quantitative estimate of drug-likeness (QED) is 0.355. The largest absolute Gasteiger partial charge is 0.454 e. The summed E-state index contributed by atoms with van der Waals surface area (Å²) in [5.41, 5.74) is -0.809. The Morgan fingerprint density at radius 3 is 2.41 bits per heavy atom. The highest BCUT2D eigenvalue weighted by molar-refractivity contribution is 5.92. The molecule has 3 fully saturated rings. The van der Waals surface area contributed by atoms with Gasteiger partial charge in [-0.05, 0) is 41.0 Å². The summed E-state index contributed by atoms with van der Waals surface area (Å²) in [7, 11) is 0. The Labute approximate surface area is 199 Å². The number of hydrogen-bond donors (Lipinski definition) is 2. The molecular formula is C25H34O9. The first-order valence-electron chi connectivity index (χ1n) is 11.4. The molecule has 0 aromatic rings. The zero-order chi connectivity index (χ0) is 25.6. The van der Waals surface area contributed by atoms with E-state index in [1.54, 1.807) is 40.7 Å². The van der Waals surface area contributed by atoms with Crippen LogP contribution in [0.3, 0.4) is 0 Å². The molecule has 0 aromatic carbocycles. The maximum Gasteiger partial charge on any atom is 0.334 e. The van der Waals surface area contributed by atoms with Crippen molar-refractivity contribution in [1.29, 1.82) is 0 Å². The third-order valence-corrected chi connectivity index (χ3v) is 6.86. The lowest BCUT2D eigenvalue weighted by atomic mass is 9.75. The van der Waals surface area contributed by atoms with Crippen LogP contribution in [0.1, 0.15) is 54.4 Å². The third kappa shape index (κ3) is 4.69. The van der Waals surface area contributed by atoms with Crippen molar-refractivity contribution in [2.45, 2.75) is 90.2 Å². The van der Waals surface area contributed by atoms with Crippen molar-refractivity contribution in [3.8, 4) is 0 Å². The number of rotatable bonds is 4. The van der Waals surface area contributed by atoms with Gasteiger partial charge < -0.3 is 29.2 Å². The molecule has 3 aliphatic heterocycles. The average molecular weight is 479 g/mol. The second-order valence-corrected chi connectivity index (χ2v) is 9.99. The van der Waals surface area contributed by atoms with E-state index in [1.807, 2.05) is 0 Å². The predicted octanol–water partition coefficient (Wildman–Crippen LogP) is 2.11. The lowest BCUT2D eigenvalue weighted by Crippen LogP contribution is -2.58. The van der Waals surface area contributed by atoms with Gasteiger partial charge in [0.05, 0.1) is 12.0 Å². The van der Waals surface area contributed by atoms with E-state index in [0.29, 0.717) is 17.6 Å². The number of carbonyl (C=O) groups is 3. The van der Waals surface area contributed by atoms with Crippen LogP contribution in [0, 0.1) is 11.8 Å². The summed E-state index contributed by atoms with van der Waals surface area (Å²) in [5, 5.41) is 23.1. The molecule has 0 saturated carbocycles. The van der Waals surface area contributed by atoms with Crippen molar-refractivity contribution in [3.05, 3.63) is 35.5 Å². The highest BCUT2D eigenvalue weighted by Gasteiger charge is 2.65. The Hall–Kier alpha value is -2.49. The Morgan fingerprint density at radius 2 is 1.82 bits per heavy atom. The van der Waals surface area contributed by atoms with Crippen molar-refractivity contribution in [2.75, 3.05) is 0 Å². The summed E-state index contributed by atoms with van der Waals surface area (Å²) in [6.07, 6.45) is -1.51. The van der Waals surface area contributed by atoms with Gasteiger partial charge in [-0.3, -0.25) is 0 Å². The van der Waals surface area contributed by atoms with Gasteiger partial charge >= 0.3 is 17.9 Å². The lowest BCUT2D eigenvalue weighted by Gasteiger charge is -2.41. The smallest absolute Gasteiger partial charge is 0.334 e. The molecule has 0 aromatic heterocycles. The second kappa shape index (κ2) is 9.28. The fraction of sp³-hybridized carbons (Fsp3) is 0.640. The molecule has 2 N–H and O–H groups in total. The minimum Gasteiger partial charge on any atom is -0.454 e. The predicted molar refractivity (Wildman–Crippen MR) is 120 cm³/mol. The SMILES string of the molecule is C=C1C(=O)O[C@@H]2[C@@H]1[C@H](OC(=O)C=C(C)C)[C@@]1(O)O[C@H](C[C@@H]1C)C[C@@](C)(O)[C@H]2OC(=O)/C(C)=C/C. The summed E-state index contributed by atoms with van der Waals surface area (Å²) in [4.78, 5) is 38.0. The summed E-state index contributed by atoms with van der Waals surface area (Å²) >= 11 is 0. The van der Waals surface area contributed by atoms with Gasteiger partial charge in [-0.1, -0.05) is 25.2 Å². The van der Waals surface area contributed by atoms with Gasteiger partial charge in [-0.25, -0.2) is 14.4 Å². The first kappa shape index (κ1) is 26.1. The fourth-order valence-electron chi connectivity index (χ4n) is 4.94. The Kier molecular flexibility index (Phi) is 7.13. The number of esters is 3. The highest BCUT2D eigenvalue weighted by atomic mass is 16.7. The molecule has 3 rings (SSSR count). The van der Waals surface area contributed by atoms with Gasteiger partial charge in [0.2, 0.25) is 5.79 Å². The average Bonchev–Trinajstić information content (AvgIpc) is 3.17. The zero-order valence-corrected chi connectivity index (χ0v) is 20.5. The van der Waals surface area contributed by atoms with Crippen LogP contribution in [0.15, 0.2) is 35.5 Å². The highest BCUT2D eigenvalue weighted by Crippen LogP contribution is 2.50. The van der Waals surface area contributed by atoms with Crippen molar-refractivity contribution in [1.82, 2.24) is 0 Å².